The van der Waals surface area contributed by atoms with Crippen LogP contribution in [0.25, 0.3) is 0 Å². The highest BCUT2D eigenvalue weighted by molar-refractivity contribution is 6.33. The van der Waals surface area contributed by atoms with Gasteiger partial charge in [0.15, 0.2) is 0 Å². The molecule has 5 heteroatoms. The van der Waals surface area contributed by atoms with Crippen LogP contribution < -0.4 is 11.1 Å². The van der Waals surface area contributed by atoms with E-state index >= 15 is 0 Å². The van der Waals surface area contributed by atoms with Crippen molar-refractivity contribution in [2.45, 2.75) is 31.8 Å². The number of nitrogens with one attached hydrogen (secondary N) is 1. The number of anilines is 2. The first kappa shape index (κ1) is 12.5. The molecular formula is C12H19ClN4. The van der Waals surface area contributed by atoms with Gasteiger partial charge in [0, 0.05) is 18.6 Å². The van der Waals surface area contributed by atoms with Gasteiger partial charge in [0.05, 0.1) is 16.9 Å². The first-order valence-electron chi connectivity index (χ1n) is 5.94. The molecule has 1 unspecified atom stereocenters. The number of nitrogens with zero attached hydrogens (tertiary/aromatic N) is 2. The summed E-state index contributed by atoms with van der Waals surface area (Å²) >= 11 is 6.05. The van der Waals surface area contributed by atoms with Gasteiger partial charge in [-0.05, 0) is 32.9 Å². The topological polar surface area (TPSA) is 54.2 Å². The molecule has 1 heterocycles. The Bertz CT molecular complexity index is 392. The molecule has 3 N–H and O–H groups in total. The Morgan fingerprint density at radius 2 is 2.35 bits per heavy atom. The third kappa shape index (κ3) is 3.23. The van der Waals surface area contributed by atoms with Crippen LogP contribution in [0.1, 0.15) is 19.8 Å². The number of pyridine rings is 1. The van der Waals surface area contributed by atoms with E-state index in [0.29, 0.717) is 22.6 Å². The Kier molecular flexibility index (Phi) is 3.74. The molecule has 0 spiro atoms. The normalized spacial score (nSPS) is 17.2. The molecule has 0 radical (unpaired) electrons. The van der Waals surface area contributed by atoms with Gasteiger partial charge >= 0.3 is 0 Å². The average molecular weight is 255 g/mol. The summed E-state index contributed by atoms with van der Waals surface area (Å²) in [7, 11) is 2.17. The van der Waals surface area contributed by atoms with Gasteiger partial charge in [-0.2, -0.15) is 0 Å². The second-order valence-electron chi connectivity index (χ2n) is 4.73. The SMILES string of the molecule is CC(CNc1ncc(N)cc1Cl)N(C)C1CC1. The number of likely N-dealkylation sites (N-methyl/N-ethyl adjacent to an activating group) is 1. The molecule has 0 aromatic carbocycles. The van der Waals surface area contributed by atoms with Crippen molar-refractivity contribution in [3.63, 3.8) is 0 Å². The minimum absolute atomic E-state index is 0.470. The lowest BCUT2D eigenvalue weighted by Crippen LogP contribution is -2.36. The van der Waals surface area contributed by atoms with Crippen LogP contribution in [-0.4, -0.2) is 35.6 Å². The van der Waals surface area contributed by atoms with Crippen LogP contribution in [0, 0.1) is 0 Å². The molecule has 1 atom stereocenters. The Morgan fingerprint density at radius 3 is 2.94 bits per heavy atom. The van der Waals surface area contributed by atoms with Gasteiger partial charge in [-0.3, -0.25) is 4.90 Å². The van der Waals surface area contributed by atoms with E-state index in [0.717, 1.165) is 12.6 Å². The first-order valence-corrected chi connectivity index (χ1v) is 6.32. The number of halogens is 1. The summed E-state index contributed by atoms with van der Waals surface area (Å²) in [6.45, 7) is 3.04. The third-order valence-electron chi connectivity index (χ3n) is 3.25. The van der Waals surface area contributed by atoms with E-state index in [-0.39, 0.29) is 0 Å². The molecular weight excluding hydrogens is 236 g/mol. The van der Waals surface area contributed by atoms with Gasteiger partial charge in [-0.15, -0.1) is 0 Å². The van der Waals surface area contributed by atoms with Crippen molar-refractivity contribution >= 4 is 23.1 Å². The standard InChI is InChI=1S/C12H19ClN4/c1-8(17(2)10-3-4-10)6-15-12-11(13)5-9(14)7-16-12/h5,7-8,10H,3-4,6,14H2,1-2H3,(H,15,16). The highest BCUT2D eigenvalue weighted by atomic mass is 35.5. The van der Waals surface area contributed by atoms with E-state index in [1.54, 1.807) is 12.3 Å². The van der Waals surface area contributed by atoms with Crippen molar-refractivity contribution in [2.24, 2.45) is 0 Å². The summed E-state index contributed by atoms with van der Waals surface area (Å²) in [5, 5.41) is 3.84. The summed E-state index contributed by atoms with van der Waals surface area (Å²) in [6, 6.07) is 2.95. The maximum absolute atomic E-state index is 6.05. The molecule has 0 amide bonds. The summed E-state index contributed by atoms with van der Waals surface area (Å²) in [4.78, 5) is 6.58. The zero-order valence-electron chi connectivity index (χ0n) is 10.3. The molecule has 1 aliphatic rings. The number of hydrogen-bond donors (Lipinski definition) is 2. The van der Waals surface area contributed by atoms with Gasteiger partial charge < -0.3 is 11.1 Å². The highest BCUT2D eigenvalue weighted by Gasteiger charge is 2.28. The van der Waals surface area contributed by atoms with E-state index in [4.69, 9.17) is 17.3 Å². The summed E-state index contributed by atoms with van der Waals surface area (Å²) in [5.74, 6) is 0.705. The number of rotatable bonds is 5. The molecule has 1 saturated carbocycles. The molecule has 1 aromatic rings. The summed E-state index contributed by atoms with van der Waals surface area (Å²) < 4.78 is 0. The van der Waals surface area contributed by atoms with Gasteiger partial charge in [-0.1, -0.05) is 11.6 Å². The Morgan fingerprint density at radius 1 is 1.65 bits per heavy atom. The van der Waals surface area contributed by atoms with Crippen molar-refractivity contribution in [3.05, 3.63) is 17.3 Å². The molecule has 0 bridgehead atoms. The lowest BCUT2D eigenvalue weighted by Gasteiger charge is -2.25. The lowest BCUT2D eigenvalue weighted by molar-refractivity contribution is 0.257. The number of hydrogen-bond acceptors (Lipinski definition) is 4. The molecule has 94 valence electrons. The second kappa shape index (κ2) is 5.10. The van der Waals surface area contributed by atoms with Crippen LogP contribution in [0.3, 0.4) is 0 Å². The smallest absolute Gasteiger partial charge is 0.144 e. The van der Waals surface area contributed by atoms with E-state index in [1.165, 1.54) is 12.8 Å². The quantitative estimate of drug-likeness (QED) is 0.846. The van der Waals surface area contributed by atoms with Crippen molar-refractivity contribution < 1.29 is 0 Å². The first-order chi connectivity index (χ1) is 8.08. The van der Waals surface area contributed by atoms with Gasteiger partial charge in [0.25, 0.3) is 0 Å². The van der Waals surface area contributed by atoms with Crippen LogP contribution in [-0.2, 0) is 0 Å². The van der Waals surface area contributed by atoms with E-state index < -0.39 is 0 Å². The number of aromatic nitrogens is 1. The van der Waals surface area contributed by atoms with Crippen molar-refractivity contribution in [3.8, 4) is 0 Å². The van der Waals surface area contributed by atoms with Crippen LogP contribution in [0.5, 0.6) is 0 Å². The summed E-state index contributed by atoms with van der Waals surface area (Å²) in [6.07, 6.45) is 4.26. The molecule has 1 fully saturated rings. The van der Waals surface area contributed by atoms with Crippen molar-refractivity contribution in [2.75, 3.05) is 24.6 Å². The Labute approximate surface area is 107 Å². The van der Waals surface area contributed by atoms with E-state index in [1.807, 2.05) is 0 Å². The zero-order chi connectivity index (χ0) is 12.4. The zero-order valence-corrected chi connectivity index (χ0v) is 11.0. The van der Waals surface area contributed by atoms with Crippen molar-refractivity contribution in [1.29, 1.82) is 0 Å². The van der Waals surface area contributed by atoms with Crippen molar-refractivity contribution in [1.82, 2.24) is 9.88 Å². The van der Waals surface area contributed by atoms with Crippen LogP contribution in [0.4, 0.5) is 11.5 Å². The Hall–Kier alpha value is -1.00. The fourth-order valence-electron chi connectivity index (χ4n) is 1.81. The highest BCUT2D eigenvalue weighted by Crippen LogP contribution is 2.27. The molecule has 4 nitrogen and oxygen atoms in total. The maximum atomic E-state index is 6.05. The van der Waals surface area contributed by atoms with Crippen LogP contribution in [0.2, 0.25) is 5.02 Å². The van der Waals surface area contributed by atoms with Gasteiger partial charge in [0.1, 0.15) is 5.82 Å². The molecule has 2 rings (SSSR count). The van der Waals surface area contributed by atoms with Gasteiger partial charge in [0.2, 0.25) is 0 Å². The minimum atomic E-state index is 0.470. The van der Waals surface area contributed by atoms with Gasteiger partial charge in [-0.25, -0.2) is 4.98 Å². The summed E-state index contributed by atoms with van der Waals surface area (Å²) in [5.41, 5.74) is 6.18. The minimum Gasteiger partial charge on any atom is -0.397 e. The molecule has 1 aromatic heterocycles. The van der Waals surface area contributed by atoms with Crippen LogP contribution in [0.15, 0.2) is 12.3 Å². The fraction of sp³-hybridized carbons (Fsp3) is 0.583. The number of nitrogens with two attached hydrogens (primary N) is 1. The predicted molar refractivity (Wildman–Crippen MR) is 72.4 cm³/mol. The fourth-order valence-corrected chi connectivity index (χ4v) is 2.05. The largest absolute Gasteiger partial charge is 0.397 e. The molecule has 0 aliphatic heterocycles. The van der Waals surface area contributed by atoms with Crippen LogP contribution >= 0.6 is 11.6 Å². The Balaban J connectivity index is 1.88. The average Bonchev–Trinajstić information content (AvgIpc) is 3.10. The molecule has 17 heavy (non-hydrogen) atoms. The van der Waals surface area contributed by atoms with E-state index in [9.17, 15) is 0 Å². The third-order valence-corrected chi connectivity index (χ3v) is 3.53. The molecule has 1 aliphatic carbocycles. The maximum Gasteiger partial charge on any atom is 0.144 e. The number of nitrogen functional groups attached to an aromatic ring is 1. The van der Waals surface area contributed by atoms with E-state index in [2.05, 4.69) is 29.2 Å². The molecule has 0 saturated heterocycles. The lowest BCUT2D eigenvalue weighted by atomic mass is 10.3. The second-order valence-corrected chi connectivity index (χ2v) is 5.13. The predicted octanol–water partition coefficient (Wildman–Crippen LogP) is 2.21. The monoisotopic (exact) mass is 254 g/mol.